The molecule has 0 aliphatic heterocycles. The first kappa shape index (κ1) is 9.92. The van der Waals surface area contributed by atoms with Crippen molar-refractivity contribution in [3.63, 3.8) is 0 Å². The molecule has 0 aromatic carbocycles. The van der Waals surface area contributed by atoms with E-state index in [9.17, 15) is 0 Å². The molecular weight excluding hydrogens is 192 g/mol. The number of aryl methyl sites for hydroxylation is 1. The summed E-state index contributed by atoms with van der Waals surface area (Å²) in [6, 6.07) is 0. The third-order valence-corrected chi connectivity index (χ3v) is 2.37. The number of nitrogens with zero attached hydrogens (tertiary/aromatic N) is 3. The summed E-state index contributed by atoms with van der Waals surface area (Å²) in [5, 5.41) is 8.70. The molecule has 5 heteroatoms. The van der Waals surface area contributed by atoms with Crippen molar-refractivity contribution >= 4 is 11.5 Å². The van der Waals surface area contributed by atoms with Gasteiger partial charge in [0.25, 0.3) is 0 Å². The maximum Gasteiger partial charge on any atom is 0.180 e. The van der Waals surface area contributed by atoms with Gasteiger partial charge in [-0.1, -0.05) is 0 Å². The SMILES string of the molecule is Nc1nccn2c(CCCCO)cnc12. The van der Waals surface area contributed by atoms with E-state index in [0.717, 1.165) is 25.0 Å². The molecule has 0 fully saturated rings. The Kier molecular flexibility index (Phi) is 2.82. The van der Waals surface area contributed by atoms with Crippen molar-refractivity contribution in [2.75, 3.05) is 12.3 Å². The van der Waals surface area contributed by atoms with Crippen molar-refractivity contribution in [2.45, 2.75) is 19.3 Å². The molecule has 80 valence electrons. The summed E-state index contributed by atoms with van der Waals surface area (Å²) < 4.78 is 1.94. The number of unbranched alkanes of at least 4 members (excludes halogenated alkanes) is 1. The first-order chi connectivity index (χ1) is 7.33. The molecule has 0 spiro atoms. The van der Waals surface area contributed by atoms with Crippen molar-refractivity contribution in [3.05, 3.63) is 24.3 Å². The Morgan fingerprint density at radius 2 is 2.20 bits per heavy atom. The van der Waals surface area contributed by atoms with Crippen molar-refractivity contribution in [1.82, 2.24) is 14.4 Å². The number of aliphatic hydroxyl groups excluding tert-OH is 1. The maximum absolute atomic E-state index is 8.70. The molecule has 15 heavy (non-hydrogen) atoms. The lowest BCUT2D eigenvalue weighted by molar-refractivity contribution is 0.284. The van der Waals surface area contributed by atoms with E-state index in [2.05, 4.69) is 9.97 Å². The van der Waals surface area contributed by atoms with Crippen molar-refractivity contribution < 1.29 is 5.11 Å². The summed E-state index contributed by atoms with van der Waals surface area (Å²) >= 11 is 0. The van der Waals surface area contributed by atoms with E-state index in [1.807, 2.05) is 16.8 Å². The van der Waals surface area contributed by atoms with Gasteiger partial charge in [0.15, 0.2) is 11.5 Å². The molecule has 0 radical (unpaired) electrons. The minimum absolute atomic E-state index is 0.237. The number of imidazole rings is 1. The number of fused-ring (bicyclic) bond motifs is 1. The lowest BCUT2D eigenvalue weighted by Gasteiger charge is -2.01. The van der Waals surface area contributed by atoms with Crippen LogP contribution in [0.5, 0.6) is 0 Å². The molecule has 0 saturated heterocycles. The maximum atomic E-state index is 8.70. The molecular formula is C10H14N4O. The highest BCUT2D eigenvalue weighted by Gasteiger charge is 2.05. The van der Waals surface area contributed by atoms with Gasteiger partial charge in [-0.15, -0.1) is 0 Å². The number of nitrogen functional groups attached to an aromatic ring is 1. The number of anilines is 1. The number of aromatic nitrogens is 3. The van der Waals surface area contributed by atoms with E-state index in [1.165, 1.54) is 0 Å². The van der Waals surface area contributed by atoms with Crippen molar-refractivity contribution in [3.8, 4) is 0 Å². The van der Waals surface area contributed by atoms with Crippen LogP contribution in [0.3, 0.4) is 0 Å². The van der Waals surface area contributed by atoms with Crippen LogP contribution in [0.2, 0.25) is 0 Å². The van der Waals surface area contributed by atoms with Gasteiger partial charge in [-0.2, -0.15) is 0 Å². The molecule has 2 aromatic heterocycles. The van der Waals surface area contributed by atoms with Crippen LogP contribution in [0.15, 0.2) is 18.6 Å². The molecule has 0 amide bonds. The smallest absolute Gasteiger partial charge is 0.180 e. The zero-order valence-corrected chi connectivity index (χ0v) is 8.43. The summed E-state index contributed by atoms with van der Waals surface area (Å²) in [5.41, 5.74) is 7.50. The minimum atomic E-state index is 0.237. The first-order valence-electron chi connectivity index (χ1n) is 5.00. The second kappa shape index (κ2) is 4.27. The van der Waals surface area contributed by atoms with Gasteiger partial charge in [-0.3, -0.25) is 4.40 Å². The van der Waals surface area contributed by atoms with Crippen LogP contribution >= 0.6 is 0 Å². The van der Waals surface area contributed by atoms with Crippen LogP contribution in [-0.2, 0) is 6.42 Å². The van der Waals surface area contributed by atoms with E-state index in [4.69, 9.17) is 10.8 Å². The molecule has 2 heterocycles. The molecule has 0 bridgehead atoms. The van der Waals surface area contributed by atoms with E-state index in [1.54, 1.807) is 6.20 Å². The summed E-state index contributed by atoms with van der Waals surface area (Å²) in [4.78, 5) is 8.18. The predicted octanol–water partition coefficient (Wildman–Crippen LogP) is 0.626. The quantitative estimate of drug-likeness (QED) is 0.719. The van der Waals surface area contributed by atoms with E-state index < -0.39 is 0 Å². The summed E-state index contributed by atoms with van der Waals surface area (Å²) in [6.07, 6.45) is 7.99. The van der Waals surface area contributed by atoms with Gasteiger partial charge < -0.3 is 10.8 Å². The van der Waals surface area contributed by atoms with Crippen LogP contribution in [0, 0.1) is 0 Å². The molecule has 0 unspecified atom stereocenters. The normalized spacial score (nSPS) is 11.0. The average Bonchev–Trinajstić information content (AvgIpc) is 2.64. The fourth-order valence-electron chi connectivity index (χ4n) is 1.59. The van der Waals surface area contributed by atoms with Crippen LogP contribution in [0.1, 0.15) is 18.5 Å². The Morgan fingerprint density at radius 1 is 1.33 bits per heavy atom. The topological polar surface area (TPSA) is 76.4 Å². The zero-order chi connectivity index (χ0) is 10.7. The highest BCUT2D eigenvalue weighted by atomic mass is 16.2. The second-order valence-corrected chi connectivity index (χ2v) is 3.44. The number of hydrogen-bond acceptors (Lipinski definition) is 4. The standard InChI is InChI=1S/C10H14N4O/c11-9-10-13-7-8(3-1-2-6-15)14(10)5-4-12-9/h4-5,7,15H,1-3,6H2,(H2,11,12). The van der Waals surface area contributed by atoms with Gasteiger partial charge in [0.1, 0.15) is 0 Å². The fraction of sp³-hybridized carbons (Fsp3) is 0.400. The predicted molar refractivity (Wildman–Crippen MR) is 57.4 cm³/mol. The van der Waals surface area contributed by atoms with E-state index >= 15 is 0 Å². The van der Waals surface area contributed by atoms with Gasteiger partial charge in [-0.05, 0) is 19.3 Å². The largest absolute Gasteiger partial charge is 0.396 e. The zero-order valence-electron chi connectivity index (χ0n) is 8.43. The molecule has 0 aliphatic rings. The second-order valence-electron chi connectivity index (χ2n) is 3.44. The number of hydrogen-bond donors (Lipinski definition) is 2. The Bertz CT molecular complexity index is 452. The molecule has 0 atom stereocenters. The third-order valence-electron chi connectivity index (χ3n) is 2.37. The van der Waals surface area contributed by atoms with Crippen molar-refractivity contribution in [1.29, 1.82) is 0 Å². The fourth-order valence-corrected chi connectivity index (χ4v) is 1.59. The first-order valence-corrected chi connectivity index (χ1v) is 5.00. The Balaban J connectivity index is 2.25. The molecule has 0 saturated carbocycles. The summed E-state index contributed by atoms with van der Waals surface area (Å²) in [7, 11) is 0. The Hall–Kier alpha value is -1.62. The van der Waals surface area contributed by atoms with Gasteiger partial charge in [-0.25, -0.2) is 9.97 Å². The van der Waals surface area contributed by atoms with Gasteiger partial charge in [0.2, 0.25) is 0 Å². The van der Waals surface area contributed by atoms with Crippen molar-refractivity contribution in [2.24, 2.45) is 0 Å². The minimum Gasteiger partial charge on any atom is -0.396 e. The monoisotopic (exact) mass is 206 g/mol. The average molecular weight is 206 g/mol. The molecule has 2 rings (SSSR count). The number of rotatable bonds is 4. The molecule has 3 N–H and O–H groups in total. The van der Waals surface area contributed by atoms with Crippen LogP contribution in [0.25, 0.3) is 5.65 Å². The number of nitrogens with two attached hydrogens (primary N) is 1. The molecule has 2 aromatic rings. The highest BCUT2D eigenvalue weighted by Crippen LogP contribution is 2.12. The van der Waals surface area contributed by atoms with Gasteiger partial charge in [0, 0.05) is 30.9 Å². The molecule has 5 nitrogen and oxygen atoms in total. The Labute approximate surface area is 87.6 Å². The molecule has 0 aliphatic carbocycles. The van der Waals surface area contributed by atoms with Crippen LogP contribution < -0.4 is 5.73 Å². The summed E-state index contributed by atoms with van der Waals surface area (Å²) in [5.74, 6) is 0.450. The van der Waals surface area contributed by atoms with E-state index in [-0.39, 0.29) is 6.61 Å². The number of aliphatic hydroxyl groups is 1. The lowest BCUT2D eigenvalue weighted by atomic mass is 10.2. The third kappa shape index (κ3) is 1.92. The highest BCUT2D eigenvalue weighted by molar-refractivity contribution is 5.59. The van der Waals surface area contributed by atoms with Gasteiger partial charge >= 0.3 is 0 Å². The Morgan fingerprint density at radius 3 is 3.00 bits per heavy atom. The van der Waals surface area contributed by atoms with Crippen LogP contribution in [-0.4, -0.2) is 26.1 Å². The van der Waals surface area contributed by atoms with Gasteiger partial charge in [0.05, 0.1) is 0 Å². The lowest BCUT2D eigenvalue weighted by Crippen LogP contribution is -1.98. The summed E-state index contributed by atoms with van der Waals surface area (Å²) in [6.45, 7) is 0.237. The van der Waals surface area contributed by atoms with Crippen LogP contribution in [0.4, 0.5) is 5.82 Å². The van der Waals surface area contributed by atoms with E-state index in [0.29, 0.717) is 11.5 Å².